The maximum atomic E-state index is 11.7. The van der Waals surface area contributed by atoms with Crippen molar-refractivity contribution in [2.24, 2.45) is 5.92 Å². The summed E-state index contributed by atoms with van der Waals surface area (Å²) in [6, 6.07) is 6.52. The molecule has 3 nitrogen and oxygen atoms in total. The van der Waals surface area contributed by atoms with Crippen LogP contribution in [0.4, 0.5) is 5.69 Å². The average molecular weight is 261 g/mol. The van der Waals surface area contributed by atoms with Gasteiger partial charge in [0.05, 0.1) is 13.0 Å². The number of hydrogen-bond donors (Lipinski definition) is 0. The second-order valence-electron chi connectivity index (χ2n) is 5.09. The number of rotatable bonds is 4. The van der Waals surface area contributed by atoms with E-state index in [1.165, 1.54) is 23.9 Å². The van der Waals surface area contributed by atoms with E-state index in [-0.39, 0.29) is 11.9 Å². The zero-order chi connectivity index (χ0) is 13.8. The fraction of sp³-hybridized carbons (Fsp3) is 0.562. The van der Waals surface area contributed by atoms with Crippen LogP contribution < -0.4 is 4.90 Å². The highest BCUT2D eigenvalue weighted by Gasteiger charge is 2.30. The van der Waals surface area contributed by atoms with Gasteiger partial charge in [0, 0.05) is 18.8 Å². The molecule has 1 unspecified atom stereocenters. The topological polar surface area (TPSA) is 29.5 Å². The largest absolute Gasteiger partial charge is 0.469 e. The van der Waals surface area contributed by atoms with E-state index < -0.39 is 0 Å². The number of esters is 1. The fourth-order valence-electron chi connectivity index (χ4n) is 2.94. The van der Waals surface area contributed by atoms with Crippen LogP contribution >= 0.6 is 0 Å². The van der Waals surface area contributed by atoms with Crippen molar-refractivity contribution < 1.29 is 9.53 Å². The summed E-state index contributed by atoms with van der Waals surface area (Å²) in [5, 5.41) is 0. The second kappa shape index (κ2) is 6.09. The van der Waals surface area contributed by atoms with Crippen molar-refractivity contribution in [3.05, 3.63) is 29.3 Å². The van der Waals surface area contributed by atoms with Crippen LogP contribution in [0.1, 0.15) is 31.4 Å². The van der Waals surface area contributed by atoms with Gasteiger partial charge in [-0.15, -0.1) is 0 Å². The molecule has 1 atom stereocenters. The third-order valence-corrected chi connectivity index (χ3v) is 4.00. The van der Waals surface area contributed by atoms with Crippen molar-refractivity contribution >= 4 is 11.7 Å². The Kier molecular flexibility index (Phi) is 4.46. The average Bonchev–Trinajstić information content (AvgIpc) is 2.94. The van der Waals surface area contributed by atoms with Crippen molar-refractivity contribution in [2.45, 2.75) is 33.1 Å². The summed E-state index contributed by atoms with van der Waals surface area (Å²) in [6.07, 6.45) is 2.96. The number of nitrogens with zero attached hydrogens (tertiary/aromatic N) is 1. The van der Waals surface area contributed by atoms with Crippen LogP contribution in [0.25, 0.3) is 0 Å². The summed E-state index contributed by atoms with van der Waals surface area (Å²) in [7, 11) is 1.47. The lowest BCUT2D eigenvalue weighted by atomic mass is 10.0. The SMILES string of the molecule is CCc1cccc(CC)c1N1CCC(C(=O)OC)C1. The summed E-state index contributed by atoms with van der Waals surface area (Å²) in [5.41, 5.74) is 4.11. The number of benzene rings is 1. The van der Waals surface area contributed by atoms with Gasteiger partial charge in [-0.05, 0) is 30.4 Å². The minimum atomic E-state index is -0.0745. The molecule has 1 fully saturated rings. The molecule has 0 aliphatic carbocycles. The number of para-hydroxylation sites is 1. The highest BCUT2D eigenvalue weighted by molar-refractivity contribution is 5.74. The van der Waals surface area contributed by atoms with Gasteiger partial charge < -0.3 is 9.64 Å². The van der Waals surface area contributed by atoms with Gasteiger partial charge in [-0.2, -0.15) is 0 Å². The Labute approximate surface area is 115 Å². The van der Waals surface area contributed by atoms with E-state index in [0.29, 0.717) is 0 Å². The van der Waals surface area contributed by atoms with Gasteiger partial charge in [-0.1, -0.05) is 32.0 Å². The van der Waals surface area contributed by atoms with Gasteiger partial charge >= 0.3 is 5.97 Å². The van der Waals surface area contributed by atoms with Gasteiger partial charge in [0.2, 0.25) is 0 Å². The number of ether oxygens (including phenoxy) is 1. The first-order chi connectivity index (χ1) is 9.21. The van der Waals surface area contributed by atoms with Crippen molar-refractivity contribution in [2.75, 3.05) is 25.1 Å². The quantitative estimate of drug-likeness (QED) is 0.781. The smallest absolute Gasteiger partial charge is 0.310 e. The number of methoxy groups -OCH3 is 1. The third-order valence-electron chi connectivity index (χ3n) is 4.00. The van der Waals surface area contributed by atoms with Crippen molar-refractivity contribution in [1.82, 2.24) is 0 Å². The zero-order valence-corrected chi connectivity index (χ0v) is 12.1. The van der Waals surface area contributed by atoms with E-state index in [9.17, 15) is 4.79 Å². The van der Waals surface area contributed by atoms with Crippen LogP contribution in [0.15, 0.2) is 18.2 Å². The molecular weight excluding hydrogens is 238 g/mol. The lowest BCUT2D eigenvalue weighted by Crippen LogP contribution is -2.25. The van der Waals surface area contributed by atoms with Crippen molar-refractivity contribution in [1.29, 1.82) is 0 Å². The molecule has 0 spiro atoms. The summed E-state index contributed by atoms with van der Waals surface area (Å²) in [4.78, 5) is 14.0. The van der Waals surface area contributed by atoms with Gasteiger partial charge in [-0.25, -0.2) is 0 Å². The molecule has 104 valence electrons. The summed E-state index contributed by atoms with van der Waals surface area (Å²) < 4.78 is 4.87. The van der Waals surface area contributed by atoms with Crippen molar-refractivity contribution in [3.63, 3.8) is 0 Å². The highest BCUT2D eigenvalue weighted by atomic mass is 16.5. The first-order valence-corrected chi connectivity index (χ1v) is 7.14. The van der Waals surface area contributed by atoms with Gasteiger partial charge in [0.25, 0.3) is 0 Å². The van der Waals surface area contributed by atoms with E-state index in [1.54, 1.807) is 0 Å². The fourth-order valence-corrected chi connectivity index (χ4v) is 2.94. The zero-order valence-electron chi connectivity index (χ0n) is 12.1. The van der Waals surface area contributed by atoms with Crippen molar-refractivity contribution in [3.8, 4) is 0 Å². The molecule has 1 aromatic carbocycles. The first kappa shape index (κ1) is 13.9. The van der Waals surface area contributed by atoms with Crippen LogP contribution in [0.5, 0.6) is 0 Å². The molecular formula is C16H23NO2. The van der Waals surface area contributed by atoms with E-state index >= 15 is 0 Å². The van der Waals surface area contributed by atoms with Crippen LogP contribution in [-0.4, -0.2) is 26.2 Å². The van der Waals surface area contributed by atoms with E-state index in [1.807, 2.05) is 0 Å². The summed E-state index contributed by atoms with van der Waals surface area (Å²) in [5.74, 6) is -0.0471. The third kappa shape index (κ3) is 2.75. The molecule has 0 radical (unpaired) electrons. The minimum absolute atomic E-state index is 0.0274. The molecule has 1 saturated heterocycles. The first-order valence-electron chi connectivity index (χ1n) is 7.14. The molecule has 19 heavy (non-hydrogen) atoms. The molecule has 0 amide bonds. The Morgan fingerprint density at radius 3 is 2.47 bits per heavy atom. The predicted molar refractivity (Wildman–Crippen MR) is 77.5 cm³/mol. The van der Waals surface area contributed by atoms with E-state index in [2.05, 4.69) is 36.9 Å². The minimum Gasteiger partial charge on any atom is -0.469 e. The molecule has 3 heteroatoms. The molecule has 0 N–H and O–H groups in total. The van der Waals surface area contributed by atoms with Crippen LogP contribution in [-0.2, 0) is 22.4 Å². The van der Waals surface area contributed by atoms with E-state index in [4.69, 9.17) is 4.74 Å². The monoisotopic (exact) mass is 261 g/mol. The van der Waals surface area contributed by atoms with Crippen LogP contribution in [0.3, 0.4) is 0 Å². The lowest BCUT2D eigenvalue weighted by Gasteiger charge is -2.24. The number of hydrogen-bond acceptors (Lipinski definition) is 3. The lowest BCUT2D eigenvalue weighted by molar-refractivity contribution is -0.144. The molecule has 0 saturated carbocycles. The Hall–Kier alpha value is -1.51. The van der Waals surface area contributed by atoms with E-state index in [0.717, 1.165) is 32.4 Å². The maximum Gasteiger partial charge on any atom is 0.310 e. The number of carbonyl (C=O) groups excluding carboxylic acids is 1. The molecule has 0 aromatic heterocycles. The summed E-state index contributed by atoms with van der Waals surface area (Å²) in [6.45, 7) is 6.11. The van der Waals surface area contributed by atoms with Crippen LogP contribution in [0, 0.1) is 5.92 Å². The van der Waals surface area contributed by atoms with Gasteiger partial charge in [-0.3, -0.25) is 4.79 Å². The molecule has 2 rings (SSSR count). The molecule has 1 aromatic rings. The maximum absolute atomic E-state index is 11.7. The number of anilines is 1. The Balaban J connectivity index is 2.25. The van der Waals surface area contributed by atoms with Crippen LogP contribution in [0.2, 0.25) is 0 Å². The molecule has 1 aliphatic rings. The highest BCUT2D eigenvalue weighted by Crippen LogP contribution is 2.31. The Bertz CT molecular complexity index is 434. The molecule has 0 bridgehead atoms. The molecule has 1 aliphatic heterocycles. The Morgan fingerprint density at radius 2 is 1.95 bits per heavy atom. The predicted octanol–water partition coefficient (Wildman–Crippen LogP) is 2.81. The number of carbonyl (C=O) groups is 1. The standard InChI is InChI=1S/C16H23NO2/c1-4-12-7-6-8-13(5-2)15(12)17-10-9-14(11-17)16(18)19-3/h6-8,14H,4-5,9-11H2,1-3H3. The normalized spacial score (nSPS) is 18.7. The summed E-state index contributed by atoms with van der Waals surface area (Å²) >= 11 is 0. The van der Waals surface area contributed by atoms with Gasteiger partial charge in [0.1, 0.15) is 0 Å². The Morgan fingerprint density at radius 1 is 1.32 bits per heavy atom. The number of aryl methyl sites for hydroxylation is 2. The van der Waals surface area contributed by atoms with Gasteiger partial charge in [0.15, 0.2) is 0 Å². The second-order valence-corrected chi connectivity index (χ2v) is 5.09. The molecule has 1 heterocycles.